The Balaban J connectivity index is 1.91. The Morgan fingerprint density at radius 1 is 1.39 bits per heavy atom. The van der Waals surface area contributed by atoms with Crippen molar-refractivity contribution in [1.29, 1.82) is 0 Å². The lowest BCUT2D eigenvalue weighted by Crippen LogP contribution is -2.05. The fourth-order valence-electron chi connectivity index (χ4n) is 2.25. The topological polar surface area (TPSA) is 9.23 Å². The lowest BCUT2D eigenvalue weighted by molar-refractivity contribution is 0.254. The molecular formula is C14H12BrIOS. The van der Waals surface area contributed by atoms with Crippen LogP contribution in [0.3, 0.4) is 0 Å². The zero-order valence-corrected chi connectivity index (χ0v) is 14.4. The predicted octanol–water partition coefficient (Wildman–Crippen LogP) is 5.16. The third-order valence-electron chi connectivity index (χ3n) is 3.09. The summed E-state index contributed by atoms with van der Waals surface area (Å²) in [5, 5.41) is 2.22. The van der Waals surface area contributed by atoms with E-state index in [2.05, 4.69) is 75.1 Å². The zero-order valence-electron chi connectivity index (χ0n) is 9.82. The molecule has 0 aliphatic carbocycles. The Kier molecular flexibility index (Phi) is 3.69. The molecule has 0 radical (unpaired) electrons. The first-order valence-electron chi connectivity index (χ1n) is 5.81. The molecule has 4 heteroatoms. The van der Waals surface area contributed by atoms with Crippen LogP contribution in [0.25, 0.3) is 0 Å². The average molecular weight is 435 g/mol. The van der Waals surface area contributed by atoms with E-state index in [0.29, 0.717) is 6.10 Å². The maximum absolute atomic E-state index is 5.74. The van der Waals surface area contributed by atoms with Crippen LogP contribution in [0.5, 0.6) is 5.75 Å². The van der Waals surface area contributed by atoms with E-state index in [1.165, 1.54) is 19.6 Å². The van der Waals surface area contributed by atoms with Gasteiger partial charge in [-0.3, -0.25) is 0 Å². The molecule has 2 atom stereocenters. The second-order valence-electron chi connectivity index (χ2n) is 4.55. The number of alkyl halides is 1. The van der Waals surface area contributed by atoms with Crippen molar-refractivity contribution in [1.82, 2.24) is 0 Å². The standard InChI is InChI=1S/C14H12BrIOS/c1-8-4-10-5-9(2-3-12(10)17-8)14(15)11-6-13(16)18-7-11/h2-3,5-8,14H,4H2,1H3. The fourth-order valence-corrected chi connectivity index (χ4v) is 4.37. The first-order valence-corrected chi connectivity index (χ1v) is 8.68. The van der Waals surface area contributed by atoms with Gasteiger partial charge in [0, 0.05) is 6.42 Å². The molecular weight excluding hydrogens is 423 g/mol. The van der Waals surface area contributed by atoms with Crippen molar-refractivity contribution in [2.45, 2.75) is 24.3 Å². The summed E-state index contributed by atoms with van der Waals surface area (Å²) in [5.74, 6) is 1.05. The quantitative estimate of drug-likeness (QED) is 0.468. The molecule has 1 aliphatic rings. The Hall–Kier alpha value is -0.0700. The van der Waals surface area contributed by atoms with Crippen LogP contribution in [0.15, 0.2) is 29.6 Å². The SMILES string of the molecule is CC1Cc2cc(C(Br)c3csc(I)c3)ccc2O1. The molecule has 2 heterocycles. The van der Waals surface area contributed by atoms with Gasteiger partial charge in [0.1, 0.15) is 11.9 Å². The fraction of sp³-hybridized carbons (Fsp3) is 0.286. The number of fused-ring (bicyclic) bond motifs is 1. The monoisotopic (exact) mass is 434 g/mol. The minimum absolute atomic E-state index is 0.276. The van der Waals surface area contributed by atoms with Crippen LogP contribution in [0.1, 0.15) is 28.4 Å². The molecule has 0 saturated carbocycles. The van der Waals surface area contributed by atoms with Gasteiger partial charge in [-0.05, 0) is 63.7 Å². The number of ether oxygens (including phenoxy) is 1. The van der Waals surface area contributed by atoms with Gasteiger partial charge in [0.15, 0.2) is 0 Å². The van der Waals surface area contributed by atoms with Crippen molar-refractivity contribution < 1.29 is 4.74 Å². The zero-order chi connectivity index (χ0) is 12.7. The van der Waals surface area contributed by atoms with Gasteiger partial charge in [-0.1, -0.05) is 28.1 Å². The maximum Gasteiger partial charge on any atom is 0.123 e. The Morgan fingerprint density at radius 2 is 2.22 bits per heavy atom. The second kappa shape index (κ2) is 5.13. The van der Waals surface area contributed by atoms with E-state index in [1.807, 2.05) is 0 Å². The number of halogens is 2. The largest absolute Gasteiger partial charge is 0.490 e. The number of hydrogen-bond donors (Lipinski definition) is 0. The normalized spacial score (nSPS) is 19.4. The lowest BCUT2D eigenvalue weighted by Gasteiger charge is -2.10. The van der Waals surface area contributed by atoms with Gasteiger partial charge in [-0.15, -0.1) is 11.3 Å². The Bertz CT molecular complexity index is 581. The Morgan fingerprint density at radius 3 is 2.94 bits per heavy atom. The number of hydrogen-bond acceptors (Lipinski definition) is 2. The second-order valence-corrected chi connectivity index (χ2v) is 8.27. The first kappa shape index (κ1) is 12.9. The molecule has 94 valence electrons. The van der Waals surface area contributed by atoms with Crippen LogP contribution < -0.4 is 4.74 Å². The molecule has 1 nitrogen and oxygen atoms in total. The highest BCUT2D eigenvalue weighted by Crippen LogP contribution is 2.37. The van der Waals surface area contributed by atoms with Gasteiger partial charge in [0.2, 0.25) is 0 Å². The molecule has 0 amide bonds. The number of benzene rings is 1. The molecule has 0 N–H and O–H groups in total. The van der Waals surface area contributed by atoms with Gasteiger partial charge in [0.25, 0.3) is 0 Å². The molecule has 0 spiro atoms. The van der Waals surface area contributed by atoms with E-state index in [1.54, 1.807) is 11.3 Å². The third kappa shape index (κ3) is 2.47. The highest BCUT2D eigenvalue weighted by atomic mass is 127. The summed E-state index contributed by atoms with van der Waals surface area (Å²) in [7, 11) is 0. The summed E-state index contributed by atoms with van der Waals surface area (Å²) in [5.41, 5.74) is 3.96. The van der Waals surface area contributed by atoms with Crippen molar-refractivity contribution in [2.24, 2.45) is 0 Å². The summed E-state index contributed by atoms with van der Waals surface area (Å²) < 4.78 is 7.06. The highest BCUT2D eigenvalue weighted by Gasteiger charge is 2.21. The average Bonchev–Trinajstić information content (AvgIpc) is 2.92. The van der Waals surface area contributed by atoms with Crippen molar-refractivity contribution >= 4 is 49.9 Å². The highest BCUT2D eigenvalue weighted by molar-refractivity contribution is 14.1. The van der Waals surface area contributed by atoms with E-state index in [9.17, 15) is 0 Å². The molecule has 3 rings (SSSR count). The first-order chi connectivity index (χ1) is 8.63. The smallest absolute Gasteiger partial charge is 0.123 e. The van der Waals surface area contributed by atoms with Gasteiger partial charge in [-0.2, -0.15) is 0 Å². The molecule has 1 aromatic heterocycles. The minimum Gasteiger partial charge on any atom is -0.490 e. The van der Waals surface area contributed by atoms with Gasteiger partial charge in [-0.25, -0.2) is 0 Å². The van der Waals surface area contributed by atoms with Crippen LogP contribution in [0.4, 0.5) is 0 Å². The van der Waals surface area contributed by atoms with Crippen LogP contribution in [-0.4, -0.2) is 6.10 Å². The van der Waals surface area contributed by atoms with Crippen LogP contribution in [0.2, 0.25) is 0 Å². The van der Waals surface area contributed by atoms with E-state index in [-0.39, 0.29) is 4.83 Å². The van der Waals surface area contributed by atoms with Gasteiger partial charge >= 0.3 is 0 Å². The van der Waals surface area contributed by atoms with E-state index < -0.39 is 0 Å². The molecule has 18 heavy (non-hydrogen) atoms. The summed E-state index contributed by atoms with van der Waals surface area (Å²) in [6, 6.07) is 8.75. The summed E-state index contributed by atoms with van der Waals surface area (Å²) >= 11 is 7.94. The molecule has 0 bridgehead atoms. The minimum atomic E-state index is 0.276. The lowest BCUT2D eigenvalue weighted by atomic mass is 10.0. The van der Waals surface area contributed by atoms with Crippen molar-refractivity contribution in [3.8, 4) is 5.75 Å². The molecule has 1 aromatic carbocycles. The van der Waals surface area contributed by atoms with E-state index in [0.717, 1.165) is 12.2 Å². The van der Waals surface area contributed by atoms with Crippen LogP contribution in [0, 0.1) is 2.88 Å². The molecule has 2 aromatic rings. The summed E-state index contributed by atoms with van der Waals surface area (Å²) in [4.78, 5) is 0.276. The third-order valence-corrected chi connectivity index (χ3v) is 5.96. The number of rotatable bonds is 2. The Labute approximate surface area is 133 Å². The van der Waals surface area contributed by atoms with Crippen molar-refractivity contribution in [2.75, 3.05) is 0 Å². The molecule has 1 aliphatic heterocycles. The summed E-state index contributed by atoms with van der Waals surface area (Å²) in [6.45, 7) is 2.12. The molecule has 0 saturated heterocycles. The van der Waals surface area contributed by atoms with E-state index >= 15 is 0 Å². The predicted molar refractivity (Wildman–Crippen MR) is 88.0 cm³/mol. The molecule has 0 fully saturated rings. The van der Waals surface area contributed by atoms with E-state index in [4.69, 9.17) is 4.74 Å². The van der Waals surface area contributed by atoms with Crippen LogP contribution >= 0.6 is 49.9 Å². The number of thiophene rings is 1. The van der Waals surface area contributed by atoms with Gasteiger partial charge in [0.05, 0.1) is 7.71 Å². The van der Waals surface area contributed by atoms with Crippen molar-refractivity contribution in [3.05, 3.63) is 49.2 Å². The van der Waals surface area contributed by atoms with Gasteiger partial charge < -0.3 is 4.74 Å². The van der Waals surface area contributed by atoms with Crippen molar-refractivity contribution in [3.63, 3.8) is 0 Å². The van der Waals surface area contributed by atoms with Crippen LogP contribution in [-0.2, 0) is 6.42 Å². The summed E-state index contributed by atoms with van der Waals surface area (Å²) in [6.07, 6.45) is 1.33. The maximum atomic E-state index is 5.74. The molecule has 2 unspecified atom stereocenters.